The van der Waals surface area contributed by atoms with E-state index in [1.807, 2.05) is 18.2 Å². The second kappa shape index (κ2) is 18.5. The van der Waals surface area contributed by atoms with Crippen LogP contribution >= 0.6 is 11.6 Å². The van der Waals surface area contributed by atoms with E-state index in [9.17, 15) is 4.79 Å². The van der Waals surface area contributed by atoms with E-state index < -0.39 is 0 Å². The van der Waals surface area contributed by atoms with Gasteiger partial charge in [-0.15, -0.1) is 0 Å². The molecule has 4 nitrogen and oxygen atoms in total. The molecule has 2 aliphatic rings. The zero-order valence-corrected chi connectivity index (χ0v) is 29.0. The number of ether oxygens (including phenoxy) is 2. The Balaban J connectivity index is 0.00000484. The number of likely N-dealkylation sites (N-methyl/N-ethyl adjacent to an activating group) is 1. The molecule has 4 rings (SSSR count). The predicted octanol–water partition coefficient (Wildman–Crippen LogP) is 7.54. The summed E-state index contributed by atoms with van der Waals surface area (Å²) in [5.74, 6) is 2.31. The van der Waals surface area contributed by atoms with Crippen molar-refractivity contribution >= 4 is 17.6 Å². The van der Waals surface area contributed by atoms with E-state index in [-0.39, 0.29) is 35.9 Å². The molecule has 2 aliphatic heterocycles. The van der Waals surface area contributed by atoms with E-state index in [1.54, 1.807) is 0 Å². The van der Waals surface area contributed by atoms with Gasteiger partial charge in [0.25, 0.3) is 0 Å². The van der Waals surface area contributed by atoms with Crippen LogP contribution in [0.2, 0.25) is 5.02 Å². The molecule has 1 saturated heterocycles. The van der Waals surface area contributed by atoms with E-state index >= 15 is 0 Å². The highest BCUT2D eigenvalue weighted by Gasteiger charge is 2.48. The molecule has 234 valence electrons. The van der Waals surface area contributed by atoms with Crippen LogP contribution in [-0.4, -0.2) is 37.3 Å². The number of hydrogen-bond acceptors (Lipinski definition) is 3. The maximum Gasteiger partial charge on any atom is 0.310 e. The van der Waals surface area contributed by atoms with Gasteiger partial charge in [0, 0.05) is 34.4 Å². The Labute approximate surface area is 277 Å². The first-order valence-electron chi connectivity index (χ1n) is 16.5. The van der Waals surface area contributed by atoms with Gasteiger partial charge in [0.05, 0.1) is 20.1 Å². The minimum atomic E-state index is -0.0571. The Bertz CT molecular complexity index is 1100. The number of likely N-dealkylation sites (tertiary alicyclic amines) is 1. The molecule has 2 heterocycles. The van der Waals surface area contributed by atoms with Gasteiger partial charge < -0.3 is 33.5 Å². The fourth-order valence-corrected chi connectivity index (χ4v) is 7.04. The highest BCUT2D eigenvalue weighted by atomic mass is 127. The van der Waals surface area contributed by atoms with Gasteiger partial charge in [-0.1, -0.05) is 127 Å². The lowest BCUT2D eigenvalue weighted by molar-refractivity contribution is -0.915. The molecule has 0 aromatic heterocycles. The van der Waals surface area contributed by atoms with Crippen molar-refractivity contribution in [1.82, 2.24) is 0 Å². The number of benzene rings is 2. The zero-order chi connectivity index (χ0) is 28.9. The summed E-state index contributed by atoms with van der Waals surface area (Å²) in [5.41, 5.74) is 2.39. The Morgan fingerprint density at radius 1 is 0.786 bits per heavy atom. The van der Waals surface area contributed by atoms with Gasteiger partial charge in [0.1, 0.15) is 11.5 Å². The molecule has 1 fully saturated rings. The molecule has 0 aliphatic carbocycles. The van der Waals surface area contributed by atoms with Crippen molar-refractivity contribution in [3.8, 4) is 11.5 Å². The molecule has 0 radical (unpaired) electrons. The molecular weight excluding hydrogens is 657 g/mol. The van der Waals surface area contributed by atoms with Crippen LogP contribution in [0.25, 0.3) is 0 Å². The van der Waals surface area contributed by atoms with Gasteiger partial charge in [0.15, 0.2) is 0 Å². The zero-order valence-electron chi connectivity index (χ0n) is 26.1. The number of esters is 1. The summed E-state index contributed by atoms with van der Waals surface area (Å²) in [7, 11) is 2.21. The monoisotopic (exact) mass is 709 g/mol. The number of halogens is 2. The van der Waals surface area contributed by atoms with Gasteiger partial charge in [-0.25, -0.2) is 0 Å². The SMILES string of the molecule is CCCCCCCCCCCCCCCCCC(=O)OC[N+]1(C)C[C@H]2c3ccccc3Oc3ccc(Cl)cc3[C@@H]2C1.[I-]. The molecule has 0 bridgehead atoms. The fourth-order valence-electron chi connectivity index (χ4n) is 6.86. The first-order valence-corrected chi connectivity index (χ1v) is 16.9. The number of nitrogens with zero attached hydrogens (tertiary/aromatic N) is 1. The third-order valence-electron chi connectivity index (χ3n) is 9.19. The first kappa shape index (κ1) is 35.2. The molecule has 0 amide bonds. The standard InChI is InChI=1S/C36H53ClNO3.HI/c1-3-4-5-6-7-8-9-10-11-12-13-14-15-16-17-22-36(39)40-28-38(2)26-32-30-20-18-19-21-34(30)41-35-24-23-29(37)25-31(35)33(32)27-38;/h18-21,23-25,32-33H,3-17,22,26-28H2,1-2H3;1H/q+1;/p-1/t32-,33-,38?;/m0./s1. The van der Waals surface area contributed by atoms with E-state index in [0.717, 1.165) is 48.0 Å². The molecule has 0 N–H and O–H groups in total. The molecule has 0 saturated carbocycles. The van der Waals surface area contributed by atoms with Gasteiger partial charge in [-0.3, -0.25) is 9.28 Å². The van der Waals surface area contributed by atoms with Crippen molar-refractivity contribution in [1.29, 1.82) is 0 Å². The maximum atomic E-state index is 12.6. The van der Waals surface area contributed by atoms with Crippen LogP contribution in [0.4, 0.5) is 0 Å². The Morgan fingerprint density at radius 2 is 1.31 bits per heavy atom. The van der Waals surface area contributed by atoms with Crippen LogP contribution in [0.1, 0.15) is 133 Å². The largest absolute Gasteiger partial charge is 1.00 e. The number of fused-ring (bicyclic) bond motifs is 5. The summed E-state index contributed by atoms with van der Waals surface area (Å²) in [6.45, 7) is 4.50. The minimum absolute atomic E-state index is 0. The van der Waals surface area contributed by atoms with E-state index in [4.69, 9.17) is 21.1 Å². The van der Waals surface area contributed by atoms with E-state index in [2.05, 4.69) is 38.2 Å². The second-order valence-electron chi connectivity index (χ2n) is 12.9. The average Bonchev–Trinajstić information content (AvgIpc) is 3.27. The van der Waals surface area contributed by atoms with Crippen molar-refractivity contribution in [2.45, 2.75) is 121 Å². The van der Waals surface area contributed by atoms with Gasteiger partial charge in [-0.05, 0) is 30.7 Å². The topological polar surface area (TPSA) is 35.5 Å². The molecular formula is C36H53ClINO3. The number of carbonyl (C=O) groups is 1. The number of rotatable bonds is 18. The first-order chi connectivity index (χ1) is 20.0. The van der Waals surface area contributed by atoms with Crippen molar-refractivity contribution in [3.63, 3.8) is 0 Å². The molecule has 6 heteroatoms. The molecule has 1 unspecified atom stereocenters. The van der Waals surface area contributed by atoms with Crippen LogP contribution in [0, 0.1) is 0 Å². The Hall–Kier alpha value is -1.31. The molecule has 42 heavy (non-hydrogen) atoms. The third-order valence-corrected chi connectivity index (χ3v) is 9.43. The van der Waals surface area contributed by atoms with Crippen LogP contribution in [-0.2, 0) is 9.53 Å². The Morgan fingerprint density at radius 3 is 1.93 bits per heavy atom. The summed E-state index contributed by atoms with van der Waals surface area (Å²) in [6.07, 6.45) is 20.4. The van der Waals surface area contributed by atoms with E-state index in [1.165, 1.54) is 89.0 Å². The molecule has 2 aromatic rings. The van der Waals surface area contributed by atoms with Crippen LogP contribution in [0.5, 0.6) is 11.5 Å². The quantitative estimate of drug-likeness (QED) is 0.0695. The molecule has 3 atom stereocenters. The number of carbonyl (C=O) groups excluding carboxylic acids is 1. The number of hydrogen-bond donors (Lipinski definition) is 0. The summed E-state index contributed by atoms with van der Waals surface area (Å²) in [5, 5.41) is 0.730. The summed E-state index contributed by atoms with van der Waals surface area (Å²) >= 11 is 6.41. The van der Waals surface area contributed by atoms with Crippen molar-refractivity contribution < 1.29 is 42.7 Å². The number of unbranched alkanes of at least 4 members (excludes halogenated alkanes) is 14. The number of para-hydroxylation sites is 1. The van der Waals surface area contributed by atoms with Crippen LogP contribution in [0.3, 0.4) is 0 Å². The highest BCUT2D eigenvalue weighted by Crippen LogP contribution is 2.51. The van der Waals surface area contributed by atoms with E-state index in [0.29, 0.717) is 23.6 Å². The summed E-state index contributed by atoms with van der Waals surface area (Å²) < 4.78 is 12.9. The Kier molecular flexibility index (Phi) is 15.5. The minimum Gasteiger partial charge on any atom is -1.00 e. The summed E-state index contributed by atoms with van der Waals surface area (Å²) in [4.78, 5) is 12.6. The fraction of sp³-hybridized carbons (Fsp3) is 0.639. The smallest absolute Gasteiger partial charge is 0.310 e. The molecule has 2 aromatic carbocycles. The average molecular weight is 710 g/mol. The molecule has 0 spiro atoms. The van der Waals surface area contributed by atoms with Crippen LogP contribution in [0.15, 0.2) is 42.5 Å². The number of quaternary nitrogens is 1. The van der Waals surface area contributed by atoms with Gasteiger partial charge >= 0.3 is 5.97 Å². The van der Waals surface area contributed by atoms with Crippen molar-refractivity contribution in [3.05, 3.63) is 58.6 Å². The lowest BCUT2D eigenvalue weighted by atomic mass is 9.84. The third kappa shape index (κ3) is 10.7. The normalized spacial score (nSPS) is 20.5. The van der Waals surface area contributed by atoms with Crippen molar-refractivity contribution in [2.75, 3.05) is 26.9 Å². The predicted molar refractivity (Wildman–Crippen MR) is 170 cm³/mol. The van der Waals surface area contributed by atoms with Gasteiger partial charge in [0.2, 0.25) is 6.73 Å². The second-order valence-corrected chi connectivity index (χ2v) is 13.3. The van der Waals surface area contributed by atoms with Crippen molar-refractivity contribution in [2.24, 2.45) is 0 Å². The lowest BCUT2D eigenvalue weighted by Gasteiger charge is -2.29. The van der Waals surface area contributed by atoms with Crippen LogP contribution < -0.4 is 28.7 Å². The maximum absolute atomic E-state index is 12.6. The highest BCUT2D eigenvalue weighted by molar-refractivity contribution is 6.30. The lowest BCUT2D eigenvalue weighted by Crippen LogP contribution is -3.00. The summed E-state index contributed by atoms with van der Waals surface area (Å²) in [6, 6.07) is 14.3. The van der Waals surface area contributed by atoms with Gasteiger partial charge in [-0.2, -0.15) is 0 Å².